The summed E-state index contributed by atoms with van der Waals surface area (Å²) in [7, 11) is 0. The lowest BCUT2D eigenvalue weighted by atomic mass is 9.80. The number of hydrogen-bond acceptors (Lipinski definition) is 0. The first-order valence-electron chi connectivity index (χ1n) is 9.95. The van der Waals surface area contributed by atoms with Crippen molar-refractivity contribution in [1.82, 2.24) is 0 Å². The highest BCUT2D eigenvalue weighted by Gasteiger charge is 2.58. The Kier molecular flexibility index (Phi) is 6.48. The lowest BCUT2D eigenvalue weighted by Crippen LogP contribution is -2.40. The van der Waals surface area contributed by atoms with E-state index in [1.807, 2.05) is 13.8 Å². The maximum atomic E-state index is 15.0. The minimum Gasteiger partial charge on any atom is -0.230 e. The van der Waals surface area contributed by atoms with Crippen LogP contribution in [0.5, 0.6) is 0 Å². The molecule has 3 rings (SSSR count). The molecule has 0 N–H and O–H groups in total. The maximum Gasteiger partial charge on any atom is 0.426 e. The average molecular weight is 436 g/mol. The molecule has 0 aliphatic carbocycles. The van der Waals surface area contributed by atoms with E-state index in [4.69, 9.17) is 0 Å². The zero-order valence-electron chi connectivity index (χ0n) is 17.1. The standard InChI is InChI=1S/C25H22F6/c1-3-16(2)19-14-15-20(24(27,28)23(26)25(29,30)31)22(18-12-8-5-9-13-18)21(19)17-10-6-4-7-11-17/h4-16,23H,3H2,1-2H3. The molecule has 0 aromatic heterocycles. The summed E-state index contributed by atoms with van der Waals surface area (Å²) in [4.78, 5) is 0. The second-order valence-corrected chi connectivity index (χ2v) is 7.52. The van der Waals surface area contributed by atoms with Crippen LogP contribution in [-0.2, 0) is 5.92 Å². The summed E-state index contributed by atoms with van der Waals surface area (Å²) in [5.41, 5.74) is 0.936. The van der Waals surface area contributed by atoms with Crippen LogP contribution in [0.25, 0.3) is 22.3 Å². The first-order chi connectivity index (χ1) is 14.6. The molecule has 6 heteroatoms. The number of rotatable bonds is 6. The molecule has 0 heterocycles. The molecule has 0 amide bonds. The van der Waals surface area contributed by atoms with Crippen molar-refractivity contribution in [3.05, 3.63) is 83.9 Å². The Bertz CT molecular complexity index is 1010. The van der Waals surface area contributed by atoms with Gasteiger partial charge in [-0.05, 0) is 40.2 Å². The molecule has 3 aromatic carbocycles. The molecule has 0 saturated heterocycles. The lowest BCUT2D eigenvalue weighted by Gasteiger charge is -2.29. The predicted octanol–water partition coefficient (Wildman–Crippen LogP) is 8.53. The van der Waals surface area contributed by atoms with Crippen molar-refractivity contribution in [3.8, 4) is 22.3 Å². The molecule has 2 unspecified atom stereocenters. The topological polar surface area (TPSA) is 0 Å². The van der Waals surface area contributed by atoms with Crippen LogP contribution >= 0.6 is 0 Å². The molecular weight excluding hydrogens is 414 g/mol. The van der Waals surface area contributed by atoms with Crippen LogP contribution in [0.4, 0.5) is 26.3 Å². The second kappa shape index (κ2) is 8.77. The molecular formula is C25H22F6. The number of benzene rings is 3. The van der Waals surface area contributed by atoms with Crippen LogP contribution in [0.1, 0.15) is 37.3 Å². The summed E-state index contributed by atoms with van der Waals surface area (Å²) in [5.74, 6) is -4.81. The van der Waals surface area contributed by atoms with Crippen LogP contribution in [-0.4, -0.2) is 12.3 Å². The molecule has 0 radical (unpaired) electrons. The minimum absolute atomic E-state index is 0.0517. The third kappa shape index (κ3) is 4.48. The van der Waals surface area contributed by atoms with E-state index in [1.54, 1.807) is 60.7 Å². The summed E-state index contributed by atoms with van der Waals surface area (Å²) in [6.07, 6.45) is -9.32. The van der Waals surface area contributed by atoms with E-state index in [9.17, 15) is 17.6 Å². The highest BCUT2D eigenvalue weighted by molar-refractivity contribution is 5.88. The molecule has 164 valence electrons. The molecule has 0 aliphatic rings. The van der Waals surface area contributed by atoms with E-state index in [-0.39, 0.29) is 11.5 Å². The Balaban J connectivity index is 2.44. The average Bonchev–Trinajstić information content (AvgIpc) is 2.77. The van der Waals surface area contributed by atoms with Gasteiger partial charge in [-0.2, -0.15) is 22.0 Å². The van der Waals surface area contributed by atoms with Crippen LogP contribution in [0, 0.1) is 0 Å². The van der Waals surface area contributed by atoms with Gasteiger partial charge in [-0.15, -0.1) is 0 Å². The highest BCUT2D eigenvalue weighted by Crippen LogP contribution is 2.49. The Labute approximate surface area is 177 Å². The van der Waals surface area contributed by atoms with Crippen LogP contribution in [0.2, 0.25) is 0 Å². The van der Waals surface area contributed by atoms with Crippen LogP contribution in [0.3, 0.4) is 0 Å². The Hall–Kier alpha value is -2.76. The van der Waals surface area contributed by atoms with Crippen molar-refractivity contribution in [2.45, 2.75) is 44.5 Å². The number of hydrogen-bond donors (Lipinski definition) is 0. The second-order valence-electron chi connectivity index (χ2n) is 7.52. The normalized spacial score (nSPS) is 14.3. The van der Waals surface area contributed by atoms with Gasteiger partial charge in [0.05, 0.1) is 0 Å². The van der Waals surface area contributed by atoms with E-state index < -0.39 is 23.8 Å². The van der Waals surface area contributed by atoms with Gasteiger partial charge in [-0.3, -0.25) is 0 Å². The number of halogens is 6. The van der Waals surface area contributed by atoms with Crippen molar-refractivity contribution in [2.24, 2.45) is 0 Å². The SMILES string of the molecule is CCC(C)c1ccc(C(F)(F)C(F)C(F)(F)F)c(-c2ccccc2)c1-c1ccccc1. The van der Waals surface area contributed by atoms with Crippen molar-refractivity contribution in [3.63, 3.8) is 0 Å². The molecule has 0 bridgehead atoms. The summed E-state index contributed by atoms with van der Waals surface area (Å²) in [6.45, 7) is 3.85. The quantitative estimate of drug-likeness (QED) is 0.340. The van der Waals surface area contributed by atoms with Gasteiger partial charge >= 0.3 is 12.1 Å². The number of alkyl halides is 6. The van der Waals surface area contributed by atoms with Gasteiger partial charge in [-0.25, -0.2) is 4.39 Å². The summed E-state index contributed by atoms with van der Waals surface area (Å²) in [5, 5.41) is 0. The van der Waals surface area contributed by atoms with E-state index in [2.05, 4.69) is 0 Å². The van der Waals surface area contributed by atoms with Crippen LogP contribution < -0.4 is 0 Å². The van der Waals surface area contributed by atoms with E-state index in [0.29, 0.717) is 23.1 Å². The lowest BCUT2D eigenvalue weighted by molar-refractivity contribution is -0.248. The molecule has 0 spiro atoms. The fourth-order valence-electron chi connectivity index (χ4n) is 3.69. The van der Waals surface area contributed by atoms with Crippen molar-refractivity contribution in [2.75, 3.05) is 0 Å². The Morgan fingerprint density at radius 1 is 0.710 bits per heavy atom. The fourth-order valence-corrected chi connectivity index (χ4v) is 3.69. The molecule has 0 saturated carbocycles. The zero-order valence-corrected chi connectivity index (χ0v) is 17.1. The van der Waals surface area contributed by atoms with Crippen molar-refractivity contribution < 1.29 is 26.3 Å². The summed E-state index contributed by atoms with van der Waals surface area (Å²) < 4.78 is 83.1. The van der Waals surface area contributed by atoms with E-state index in [0.717, 1.165) is 11.6 Å². The molecule has 0 aliphatic heterocycles. The smallest absolute Gasteiger partial charge is 0.230 e. The van der Waals surface area contributed by atoms with Gasteiger partial charge < -0.3 is 0 Å². The van der Waals surface area contributed by atoms with Crippen LogP contribution in [0.15, 0.2) is 72.8 Å². The molecule has 2 atom stereocenters. The Morgan fingerprint density at radius 3 is 1.65 bits per heavy atom. The monoisotopic (exact) mass is 436 g/mol. The van der Waals surface area contributed by atoms with E-state index in [1.165, 1.54) is 6.07 Å². The summed E-state index contributed by atoms with van der Waals surface area (Å²) in [6, 6.07) is 19.0. The summed E-state index contributed by atoms with van der Waals surface area (Å²) >= 11 is 0. The van der Waals surface area contributed by atoms with E-state index >= 15 is 8.78 Å². The molecule has 0 nitrogen and oxygen atoms in total. The first kappa shape index (κ1) is 22.9. The maximum absolute atomic E-state index is 15.0. The third-order valence-corrected chi connectivity index (χ3v) is 5.47. The largest absolute Gasteiger partial charge is 0.426 e. The van der Waals surface area contributed by atoms with Crippen molar-refractivity contribution >= 4 is 0 Å². The van der Waals surface area contributed by atoms with Gasteiger partial charge in [0.15, 0.2) is 0 Å². The Morgan fingerprint density at radius 2 is 1.19 bits per heavy atom. The molecule has 31 heavy (non-hydrogen) atoms. The van der Waals surface area contributed by atoms with Gasteiger partial charge in [0.25, 0.3) is 6.17 Å². The van der Waals surface area contributed by atoms with Gasteiger partial charge in [-0.1, -0.05) is 86.6 Å². The zero-order chi connectivity index (χ0) is 22.8. The van der Waals surface area contributed by atoms with Gasteiger partial charge in [0, 0.05) is 5.56 Å². The fraction of sp³-hybridized carbons (Fsp3) is 0.280. The third-order valence-electron chi connectivity index (χ3n) is 5.47. The first-order valence-corrected chi connectivity index (χ1v) is 9.95. The van der Waals surface area contributed by atoms with Gasteiger partial charge in [0.1, 0.15) is 0 Å². The van der Waals surface area contributed by atoms with Gasteiger partial charge in [0.2, 0.25) is 0 Å². The predicted molar refractivity (Wildman–Crippen MR) is 111 cm³/mol. The minimum atomic E-state index is -5.69. The molecule has 3 aromatic rings. The molecule has 0 fully saturated rings. The van der Waals surface area contributed by atoms with Crippen molar-refractivity contribution in [1.29, 1.82) is 0 Å². The highest BCUT2D eigenvalue weighted by atomic mass is 19.4.